The quantitative estimate of drug-likeness (QED) is 0.457. The summed E-state index contributed by atoms with van der Waals surface area (Å²) < 4.78 is 1.65. The van der Waals surface area contributed by atoms with Crippen LogP contribution in [0.3, 0.4) is 0 Å². The zero-order valence-corrected chi connectivity index (χ0v) is 10.6. The molecule has 0 bridgehead atoms. The second kappa shape index (κ2) is 5.45. The van der Waals surface area contributed by atoms with E-state index in [-0.39, 0.29) is 5.90 Å². The second-order valence-corrected chi connectivity index (χ2v) is 4.40. The Balaban J connectivity index is 2.39. The summed E-state index contributed by atoms with van der Waals surface area (Å²) in [6, 6.07) is 14.9. The summed E-state index contributed by atoms with van der Waals surface area (Å²) in [5, 5.41) is 16.1. The van der Waals surface area contributed by atoms with Crippen LogP contribution in [-0.4, -0.2) is 5.90 Å². The third-order valence-corrected chi connectivity index (χ3v) is 2.68. The molecule has 0 N–H and O–H groups in total. The largest absolute Gasteiger partial charge is 0.854 e. The van der Waals surface area contributed by atoms with Crippen molar-refractivity contribution in [2.75, 3.05) is 0 Å². The lowest BCUT2D eigenvalue weighted by Crippen LogP contribution is -2.37. The number of pyridine rings is 1. The molecule has 1 aromatic heterocycles. The first-order chi connectivity index (χ1) is 8.68. The molecule has 0 aliphatic rings. The lowest BCUT2D eigenvalue weighted by atomic mass is 10.1. The van der Waals surface area contributed by atoms with Crippen LogP contribution >= 0.6 is 0 Å². The van der Waals surface area contributed by atoms with Crippen molar-refractivity contribution in [2.45, 2.75) is 19.8 Å². The molecule has 3 heteroatoms. The maximum atomic E-state index is 12.0. The van der Waals surface area contributed by atoms with Gasteiger partial charge in [0, 0.05) is 18.1 Å². The van der Waals surface area contributed by atoms with Crippen LogP contribution in [0.5, 0.6) is 0 Å². The summed E-state index contributed by atoms with van der Waals surface area (Å²) in [7, 11) is 0. The Bertz CT molecular complexity index is 547. The Labute approximate surface area is 107 Å². The van der Waals surface area contributed by atoms with Crippen LogP contribution in [0.2, 0.25) is 0 Å². The van der Waals surface area contributed by atoms with Crippen LogP contribution < -0.4 is 9.78 Å². The maximum absolute atomic E-state index is 12.0. The van der Waals surface area contributed by atoms with Crippen LogP contribution in [0.25, 0.3) is 0 Å². The van der Waals surface area contributed by atoms with Gasteiger partial charge >= 0.3 is 0 Å². The van der Waals surface area contributed by atoms with Crippen molar-refractivity contribution in [1.82, 2.24) is 0 Å². The molecule has 2 rings (SSSR count). The predicted octanol–water partition coefficient (Wildman–Crippen LogP) is 1.67. The molecule has 0 atom stereocenters. The van der Waals surface area contributed by atoms with E-state index in [4.69, 9.17) is 0 Å². The van der Waals surface area contributed by atoms with Crippen molar-refractivity contribution < 1.29 is 9.78 Å². The molecular formula is C15H16N2O. The fourth-order valence-corrected chi connectivity index (χ4v) is 1.73. The van der Waals surface area contributed by atoms with Gasteiger partial charge in [-0.05, 0) is 16.7 Å². The van der Waals surface area contributed by atoms with Gasteiger partial charge in [0.1, 0.15) is 0 Å². The van der Waals surface area contributed by atoms with E-state index in [0.717, 1.165) is 5.69 Å². The van der Waals surface area contributed by atoms with Crippen molar-refractivity contribution in [1.29, 1.82) is 0 Å². The van der Waals surface area contributed by atoms with E-state index in [1.807, 2.05) is 36.4 Å². The molecule has 3 nitrogen and oxygen atoms in total. The minimum atomic E-state index is -0.228. The first-order valence-corrected chi connectivity index (χ1v) is 6.00. The van der Waals surface area contributed by atoms with E-state index in [9.17, 15) is 5.11 Å². The highest BCUT2D eigenvalue weighted by atomic mass is 16.3. The lowest BCUT2D eigenvalue weighted by Gasteiger charge is -2.08. The fraction of sp³-hybridized carbons (Fsp3) is 0.200. The smallest absolute Gasteiger partial charge is 0.217 e. The number of hydrogen-bond acceptors (Lipinski definition) is 2. The predicted molar refractivity (Wildman–Crippen MR) is 69.1 cm³/mol. The Kier molecular flexibility index (Phi) is 3.72. The summed E-state index contributed by atoms with van der Waals surface area (Å²) in [5.74, 6) is 0.0900. The SMILES string of the molecule is CC(C)c1cccc[n+]1/N=C(\[O-])c1ccccc1. The molecule has 0 fully saturated rings. The van der Waals surface area contributed by atoms with Gasteiger partial charge in [0.05, 0.1) is 5.90 Å². The maximum Gasteiger partial charge on any atom is 0.217 e. The molecule has 0 aliphatic heterocycles. The Hall–Kier alpha value is -2.16. The van der Waals surface area contributed by atoms with Crippen LogP contribution in [0, 0.1) is 0 Å². The molecule has 1 aromatic carbocycles. The van der Waals surface area contributed by atoms with Crippen LogP contribution in [0.4, 0.5) is 0 Å². The number of aromatic nitrogens is 1. The molecule has 0 saturated carbocycles. The monoisotopic (exact) mass is 240 g/mol. The highest BCUT2D eigenvalue weighted by Crippen LogP contribution is 2.08. The van der Waals surface area contributed by atoms with Crippen molar-refractivity contribution >= 4 is 5.90 Å². The highest BCUT2D eigenvalue weighted by molar-refractivity contribution is 5.89. The van der Waals surface area contributed by atoms with Gasteiger partial charge in [0.25, 0.3) is 0 Å². The van der Waals surface area contributed by atoms with E-state index < -0.39 is 0 Å². The second-order valence-electron chi connectivity index (χ2n) is 4.40. The van der Waals surface area contributed by atoms with Gasteiger partial charge in [-0.1, -0.05) is 48.9 Å². The molecule has 2 aromatic rings. The lowest BCUT2D eigenvalue weighted by molar-refractivity contribution is -0.690. The Morgan fingerprint density at radius 1 is 1.06 bits per heavy atom. The zero-order valence-electron chi connectivity index (χ0n) is 10.6. The van der Waals surface area contributed by atoms with E-state index in [1.165, 1.54) is 0 Å². The number of rotatable bonds is 3. The Morgan fingerprint density at radius 3 is 2.39 bits per heavy atom. The summed E-state index contributed by atoms with van der Waals surface area (Å²) >= 11 is 0. The zero-order chi connectivity index (χ0) is 13.0. The van der Waals surface area contributed by atoms with Crippen LogP contribution in [0.1, 0.15) is 31.0 Å². The fourth-order valence-electron chi connectivity index (χ4n) is 1.73. The molecule has 0 unspecified atom stereocenters. The van der Waals surface area contributed by atoms with Gasteiger partial charge < -0.3 is 5.11 Å². The first-order valence-electron chi connectivity index (χ1n) is 6.00. The minimum absolute atomic E-state index is 0.228. The topological polar surface area (TPSA) is 39.3 Å². The summed E-state index contributed by atoms with van der Waals surface area (Å²) in [6.45, 7) is 4.16. The van der Waals surface area contributed by atoms with Gasteiger partial charge in [-0.25, -0.2) is 0 Å². The van der Waals surface area contributed by atoms with Crippen LogP contribution in [0.15, 0.2) is 59.8 Å². The molecule has 0 aliphatic carbocycles. The first kappa shape index (κ1) is 12.3. The minimum Gasteiger partial charge on any atom is -0.854 e. The Morgan fingerprint density at radius 2 is 1.72 bits per heavy atom. The van der Waals surface area contributed by atoms with Crippen LogP contribution in [-0.2, 0) is 0 Å². The van der Waals surface area contributed by atoms with E-state index in [2.05, 4.69) is 18.9 Å². The van der Waals surface area contributed by atoms with Gasteiger partial charge in [0.15, 0.2) is 0 Å². The number of benzene rings is 1. The van der Waals surface area contributed by atoms with Gasteiger partial charge in [0.2, 0.25) is 11.9 Å². The molecule has 0 radical (unpaired) electrons. The van der Waals surface area contributed by atoms with Gasteiger partial charge in [-0.15, -0.1) is 0 Å². The molecule has 18 heavy (non-hydrogen) atoms. The third kappa shape index (κ3) is 2.74. The van der Waals surface area contributed by atoms with Crippen molar-refractivity contribution in [3.8, 4) is 0 Å². The van der Waals surface area contributed by atoms with Crippen molar-refractivity contribution in [3.63, 3.8) is 0 Å². The standard InChI is InChI=1S/C15H16N2O/c1-12(2)14-10-6-7-11-17(14)16-15(18)13-8-4-3-5-9-13/h3-12H,1-2H3. The van der Waals surface area contributed by atoms with Gasteiger partial charge in [-0.3, -0.25) is 0 Å². The van der Waals surface area contributed by atoms with E-state index >= 15 is 0 Å². The molecule has 92 valence electrons. The van der Waals surface area contributed by atoms with E-state index in [0.29, 0.717) is 11.5 Å². The molecule has 0 saturated heterocycles. The summed E-state index contributed by atoms with van der Waals surface area (Å²) in [5.41, 5.74) is 1.62. The number of nitrogens with zero attached hydrogens (tertiary/aromatic N) is 2. The molecule has 0 amide bonds. The molecular weight excluding hydrogens is 224 g/mol. The average molecular weight is 240 g/mol. The molecule has 0 spiro atoms. The number of hydrogen-bond donors (Lipinski definition) is 0. The summed E-state index contributed by atoms with van der Waals surface area (Å²) in [4.78, 5) is 0. The van der Waals surface area contributed by atoms with E-state index in [1.54, 1.807) is 23.0 Å². The van der Waals surface area contributed by atoms with Gasteiger partial charge in [-0.2, -0.15) is 0 Å². The molecule has 1 heterocycles. The highest BCUT2D eigenvalue weighted by Gasteiger charge is 2.12. The normalized spacial score (nSPS) is 11.8. The third-order valence-electron chi connectivity index (χ3n) is 2.68. The average Bonchev–Trinajstić information content (AvgIpc) is 2.40. The van der Waals surface area contributed by atoms with Crippen molar-refractivity contribution in [2.24, 2.45) is 5.10 Å². The van der Waals surface area contributed by atoms with Crippen molar-refractivity contribution in [3.05, 3.63) is 66.0 Å². The summed E-state index contributed by atoms with van der Waals surface area (Å²) in [6.07, 6.45) is 1.80.